The molecule has 8 heteroatoms. The van der Waals surface area contributed by atoms with Gasteiger partial charge in [0.15, 0.2) is 16.4 Å². The van der Waals surface area contributed by atoms with Gasteiger partial charge in [0.2, 0.25) is 0 Å². The van der Waals surface area contributed by atoms with E-state index in [0.29, 0.717) is 40.3 Å². The summed E-state index contributed by atoms with van der Waals surface area (Å²) < 4.78 is 19.8. The molecule has 1 aliphatic heterocycles. The lowest BCUT2D eigenvalue weighted by Gasteiger charge is -2.11. The smallest absolute Gasteiger partial charge is 0.198 e. The first-order valence-electron chi connectivity index (χ1n) is 8.43. The third-order valence-electron chi connectivity index (χ3n) is 4.25. The van der Waals surface area contributed by atoms with Gasteiger partial charge in [-0.2, -0.15) is 5.10 Å². The Kier molecular flexibility index (Phi) is 5.10. The summed E-state index contributed by atoms with van der Waals surface area (Å²) in [5.74, 6) is 2.74. The minimum absolute atomic E-state index is 0.167. The van der Waals surface area contributed by atoms with Gasteiger partial charge in [0.05, 0.1) is 12.6 Å². The molecular weight excluding hydrogens is 374 g/mol. The van der Waals surface area contributed by atoms with Crippen LogP contribution in [0.4, 0.5) is 0 Å². The van der Waals surface area contributed by atoms with Crippen LogP contribution < -0.4 is 4.74 Å². The van der Waals surface area contributed by atoms with E-state index in [1.54, 1.807) is 12.1 Å². The summed E-state index contributed by atoms with van der Waals surface area (Å²) in [4.78, 5) is 0. The van der Waals surface area contributed by atoms with E-state index in [4.69, 9.17) is 37.7 Å². The summed E-state index contributed by atoms with van der Waals surface area (Å²) in [6.07, 6.45) is 2.28. The van der Waals surface area contributed by atoms with Crippen LogP contribution in [0.25, 0.3) is 11.6 Å². The van der Waals surface area contributed by atoms with Gasteiger partial charge < -0.3 is 13.9 Å². The molecule has 1 aromatic carbocycles. The number of benzene rings is 1. The quantitative estimate of drug-likeness (QED) is 0.621. The van der Waals surface area contributed by atoms with Crippen molar-refractivity contribution in [2.45, 2.75) is 32.1 Å². The van der Waals surface area contributed by atoms with Gasteiger partial charge >= 0.3 is 0 Å². The van der Waals surface area contributed by atoms with Crippen molar-refractivity contribution in [3.8, 4) is 17.3 Å². The molecule has 1 saturated heterocycles. The second-order valence-electron chi connectivity index (χ2n) is 6.11. The molecule has 6 nitrogen and oxygen atoms in total. The lowest BCUT2D eigenvalue weighted by molar-refractivity contribution is 0.0969. The van der Waals surface area contributed by atoms with Crippen molar-refractivity contribution in [1.29, 1.82) is 0 Å². The maximum atomic E-state index is 5.89. The van der Waals surface area contributed by atoms with Crippen LogP contribution in [0.2, 0.25) is 5.02 Å². The standard InChI is InChI=1S/C18H18ClN3O3S/c19-12-3-5-13(6-4-12)24-11-15-7-8-16(25-15)17-20-21-18(26)22(17)10-14-2-1-9-23-14/h3-8,14H,1-2,9-11H2,(H,21,26). The molecule has 1 N–H and O–H groups in total. The van der Waals surface area contributed by atoms with Gasteiger partial charge in [-0.3, -0.25) is 9.67 Å². The number of hydrogen-bond acceptors (Lipinski definition) is 5. The van der Waals surface area contributed by atoms with Crippen LogP contribution in [0.5, 0.6) is 5.75 Å². The van der Waals surface area contributed by atoms with Crippen molar-refractivity contribution in [3.05, 3.63) is 52.0 Å². The van der Waals surface area contributed by atoms with Crippen LogP contribution in [-0.4, -0.2) is 27.5 Å². The molecule has 1 atom stereocenters. The monoisotopic (exact) mass is 391 g/mol. The zero-order chi connectivity index (χ0) is 17.9. The molecule has 3 heterocycles. The molecule has 1 unspecified atom stereocenters. The van der Waals surface area contributed by atoms with E-state index in [0.717, 1.165) is 25.2 Å². The van der Waals surface area contributed by atoms with Gasteiger partial charge in [-0.25, -0.2) is 0 Å². The minimum Gasteiger partial charge on any atom is -0.486 e. The molecule has 1 aliphatic rings. The number of nitrogens with one attached hydrogen (secondary N) is 1. The van der Waals surface area contributed by atoms with Crippen LogP contribution in [0, 0.1) is 4.77 Å². The SMILES string of the molecule is S=c1[nH]nc(-c2ccc(COc3ccc(Cl)cc3)o2)n1CC1CCCO1. The highest BCUT2D eigenvalue weighted by Crippen LogP contribution is 2.24. The molecule has 26 heavy (non-hydrogen) atoms. The first-order valence-corrected chi connectivity index (χ1v) is 9.22. The highest BCUT2D eigenvalue weighted by molar-refractivity contribution is 7.71. The molecule has 136 valence electrons. The summed E-state index contributed by atoms with van der Waals surface area (Å²) in [5, 5.41) is 7.82. The van der Waals surface area contributed by atoms with Crippen LogP contribution in [0.15, 0.2) is 40.8 Å². The highest BCUT2D eigenvalue weighted by Gasteiger charge is 2.20. The third kappa shape index (κ3) is 3.85. The predicted molar refractivity (Wildman–Crippen MR) is 99.9 cm³/mol. The molecule has 0 aliphatic carbocycles. The summed E-state index contributed by atoms with van der Waals surface area (Å²) in [6.45, 7) is 1.79. The Morgan fingerprint density at radius 2 is 2.12 bits per heavy atom. The fourth-order valence-electron chi connectivity index (χ4n) is 2.93. The Labute approximate surface area is 160 Å². The lowest BCUT2D eigenvalue weighted by Crippen LogP contribution is -2.15. The van der Waals surface area contributed by atoms with Crippen LogP contribution >= 0.6 is 23.8 Å². The van der Waals surface area contributed by atoms with Crippen LogP contribution in [-0.2, 0) is 17.9 Å². The van der Waals surface area contributed by atoms with Gasteiger partial charge in [0.1, 0.15) is 18.1 Å². The molecule has 0 bridgehead atoms. The van der Waals surface area contributed by atoms with Gasteiger partial charge in [0.25, 0.3) is 0 Å². The van der Waals surface area contributed by atoms with E-state index in [-0.39, 0.29) is 6.10 Å². The summed E-state index contributed by atoms with van der Waals surface area (Å²) in [5.41, 5.74) is 0. The van der Waals surface area contributed by atoms with E-state index in [2.05, 4.69) is 10.2 Å². The average molecular weight is 392 g/mol. The summed E-state index contributed by atoms with van der Waals surface area (Å²) in [6, 6.07) is 11.0. The second kappa shape index (κ2) is 7.65. The number of halogens is 1. The first kappa shape index (κ1) is 17.3. The number of rotatable bonds is 6. The highest BCUT2D eigenvalue weighted by atomic mass is 35.5. The molecule has 0 spiro atoms. The van der Waals surface area contributed by atoms with E-state index < -0.39 is 0 Å². The topological polar surface area (TPSA) is 65.2 Å². The maximum absolute atomic E-state index is 5.89. The normalized spacial score (nSPS) is 16.9. The van der Waals surface area contributed by atoms with Crippen molar-refractivity contribution in [2.24, 2.45) is 0 Å². The first-order chi connectivity index (χ1) is 12.7. The molecule has 0 radical (unpaired) electrons. The Hall–Kier alpha value is -2.09. The van der Waals surface area contributed by atoms with Gasteiger partial charge in [-0.05, 0) is 61.5 Å². The average Bonchev–Trinajstić information content (AvgIpc) is 3.38. The fourth-order valence-corrected chi connectivity index (χ4v) is 3.26. The van der Waals surface area contributed by atoms with Crippen molar-refractivity contribution in [2.75, 3.05) is 6.61 Å². The fraction of sp³-hybridized carbons (Fsp3) is 0.333. The van der Waals surface area contributed by atoms with E-state index in [1.165, 1.54) is 0 Å². The number of furan rings is 1. The predicted octanol–water partition coefficient (Wildman–Crippen LogP) is 4.61. The number of ether oxygens (including phenoxy) is 2. The van der Waals surface area contributed by atoms with Crippen molar-refractivity contribution < 1.29 is 13.9 Å². The Morgan fingerprint density at radius 3 is 2.88 bits per heavy atom. The number of nitrogens with zero attached hydrogens (tertiary/aromatic N) is 2. The lowest BCUT2D eigenvalue weighted by atomic mass is 10.2. The Bertz CT molecular complexity index is 926. The van der Waals surface area contributed by atoms with Crippen LogP contribution in [0.1, 0.15) is 18.6 Å². The third-order valence-corrected chi connectivity index (χ3v) is 4.81. The van der Waals surface area contributed by atoms with Crippen molar-refractivity contribution in [3.63, 3.8) is 0 Å². The molecule has 3 aromatic rings. The summed E-state index contributed by atoms with van der Waals surface area (Å²) in [7, 11) is 0. The summed E-state index contributed by atoms with van der Waals surface area (Å²) >= 11 is 11.2. The Morgan fingerprint density at radius 1 is 1.27 bits per heavy atom. The molecule has 2 aromatic heterocycles. The molecule has 0 saturated carbocycles. The molecule has 4 rings (SSSR count). The van der Waals surface area contributed by atoms with E-state index in [9.17, 15) is 0 Å². The maximum Gasteiger partial charge on any atom is 0.198 e. The van der Waals surface area contributed by atoms with Crippen molar-refractivity contribution >= 4 is 23.8 Å². The van der Waals surface area contributed by atoms with Gasteiger partial charge in [-0.1, -0.05) is 11.6 Å². The van der Waals surface area contributed by atoms with E-state index in [1.807, 2.05) is 28.8 Å². The molecule has 1 fully saturated rings. The van der Waals surface area contributed by atoms with Crippen molar-refractivity contribution in [1.82, 2.24) is 14.8 Å². The largest absolute Gasteiger partial charge is 0.486 e. The number of hydrogen-bond donors (Lipinski definition) is 1. The minimum atomic E-state index is 0.167. The van der Waals surface area contributed by atoms with Crippen LogP contribution in [0.3, 0.4) is 0 Å². The zero-order valence-electron chi connectivity index (χ0n) is 14.0. The number of aromatic amines is 1. The Balaban J connectivity index is 1.47. The van der Waals surface area contributed by atoms with Gasteiger partial charge in [0, 0.05) is 11.6 Å². The molecule has 0 amide bonds. The number of H-pyrrole nitrogens is 1. The number of aromatic nitrogens is 3. The zero-order valence-corrected chi connectivity index (χ0v) is 15.6. The van der Waals surface area contributed by atoms with Gasteiger partial charge in [-0.15, -0.1) is 0 Å². The second-order valence-corrected chi connectivity index (χ2v) is 6.93. The molecular formula is C18H18ClN3O3S. The van der Waals surface area contributed by atoms with E-state index >= 15 is 0 Å².